The third kappa shape index (κ3) is 3.63. The fourth-order valence-electron chi connectivity index (χ4n) is 3.84. The van der Waals surface area contributed by atoms with Gasteiger partial charge in [-0.15, -0.1) is 16.8 Å². The molecule has 0 N–H and O–H groups in total. The van der Waals surface area contributed by atoms with Gasteiger partial charge in [0, 0.05) is 24.9 Å². The largest absolute Gasteiger partial charge is 0.330 e. The van der Waals surface area contributed by atoms with E-state index < -0.39 is 0 Å². The summed E-state index contributed by atoms with van der Waals surface area (Å²) in [5.74, 6) is 1.68. The number of hydrogen-bond donors (Lipinski definition) is 0. The van der Waals surface area contributed by atoms with Crippen molar-refractivity contribution in [1.29, 1.82) is 5.26 Å². The number of rotatable bonds is 4. The molecule has 2 aliphatic rings. The molecule has 0 radical (unpaired) electrons. The molecule has 1 aromatic heterocycles. The van der Waals surface area contributed by atoms with Crippen molar-refractivity contribution in [3.63, 3.8) is 0 Å². The molecule has 0 spiro atoms. The Morgan fingerprint density at radius 2 is 2.10 bits per heavy atom. The van der Waals surface area contributed by atoms with E-state index in [0.717, 1.165) is 47.9 Å². The van der Waals surface area contributed by atoms with Gasteiger partial charge >= 0.3 is 0 Å². The molecule has 0 bridgehead atoms. The van der Waals surface area contributed by atoms with Gasteiger partial charge in [0.15, 0.2) is 5.82 Å². The first kappa shape index (κ1) is 19.5. The molecular formula is C23H25N5S. The first-order valence-corrected chi connectivity index (χ1v) is 10.9. The molecule has 0 saturated carbocycles. The average molecular weight is 404 g/mol. The van der Waals surface area contributed by atoms with Crippen molar-refractivity contribution >= 4 is 23.0 Å². The van der Waals surface area contributed by atoms with Crippen LogP contribution in [0.15, 0.2) is 41.3 Å². The van der Waals surface area contributed by atoms with Gasteiger partial charge in [0.2, 0.25) is 0 Å². The Morgan fingerprint density at radius 1 is 1.24 bits per heavy atom. The predicted molar refractivity (Wildman–Crippen MR) is 118 cm³/mol. The monoisotopic (exact) mass is 403 g/mol. The van der Waals surface area contributed by atoms with Crippen LogP contribution in [0.1, 0.15) is 47.6 Å². The molecule has 2 aromatic rings. The van der Waals surface area contributed by atoms with Crippen molar-refractivity contribution < 1.29 is 0 Å². The summed E-state index contributed by atoms with van der Waals surface area (Å²) in [4.78, 5) is 2.17. The van der Waals surface area contributed by atoms with Gasteiger partial charge in [0.1, 0.15) is 22.5 Å². The van der Waals surface area contributed by atoms with Gasteiger partial charge in [-0.2, -0.15) is 5.26 Å². The lowest BCUT2D eigenvalue weighted by Crippen LogP contribution is -2.19. The minimum absolute atomic E-state index is 0.590. The fraction of sp³-hybridized carbons (Fsp3) is 0.348. The smallest absolute Gasteiger partial charge is 0.177 e. The number of nitriles is 1. The summed E-state index contributed by atoms with van der Waals surface area (Å²) >= 11 is 1.58. The van der Waals surface area contributed by atoms with Crippen LogP contribution >= 0.6 is 11.8 Å². The van der Waals surface area contributed by atoms with Crippen molar-refractivity contribution in [1.82, 2.24) is 19.7 Å². The minimum Gasteiger partial charge on any atom is -0.330 e. The highest BCUT2D eigenvalue weighted by Crippen LogP contribution is 2.43. The lowest BCUT2D eigenvalue weighted by Gasteiger charge is -2.23. The summed E-state index contributed by atoms with van der Waals surface area (Å²) in [6, 6.07) is 8.92. The number of thioether (sulfide) groups is 1. The molecule has 29 heavy (non-hydrogen) atoms. The normalized spacial score (nSPS) is 18.0. The zero-order valence-electron chi connectivity index (χ0n) is 17.0. The first-order valence-electron chi connectivity index (χ1n) is 10.0. The summed E-state index contributed by atoms with van der Waals surface area (Å²) in [5.41, 5.74) is 5.36. The molecule has 0 aliphatic carbocycles. The van der Waals surface area contributed by atoms with Gasteiger partial charge in [-0.25, -0.2) is 0 Å². The molecule has 6 heteroatoms. The summed E-state index contributed by atoms with van der Waals surface area (Å²) in [5, 5.41) is 21.9. The number of allylic oxidation sites excluding steroid dienone is 1. The fourth-order valence-corrected chi connectivity index (χ4v) is 4.88. The Balaban J connectivity index is 1.78. The number of aromatic nitrogens is 3. The highest BCUT2D eigenvalue weighted by atomic mass is 32.2. The van der Waals surface area contributed by atoms with Gasteiger partial charge in [-0.1, -0.05) is 36.4 Å². The molecule has 148 valence electrons. The molecule has 0 saturated heterocycles. The molecule has 0 fully saturated rings. The van der Waals surface area contributed by atoms with Crippen LogP contribution in [0.25, 0.3) is 11.3 Å². The summed E-state index contributed by atoms with van der Waals surface area (Å²) in [7, 11) is 0. The zero-order chi connectivity index (χ0) is 20.4. The first-order chi connectivity index (χ1) is 14.1. The number of hydrogen-bond acceptors (Lipinski definition) is 5. The lowest BCUT2D eigenvalue weighted by molar-refractivity contribution is 0.586. The molecule has 3 heterocycles. The highest BCUT2D eigenvalue weighted by molar-refractivity contribution is 8.06. The van der Waals surface area contributed by atoms with Gasteiger partial charge < -0.3 is 9.47 Å². The third-order valence-electron chi connectivity index (χ3n) is 5.59. The maximum absolute atomic E-state index is 10.1. The van der Waals surface area contributed by atoms with Gasteiger partial charge in [-0.3, -0.25) is 0 Å². The average Bonchev–Trinajstić information content (AvgIpc) is 3.22. The number of fused-ring (bicyclic) bond motifs is 1. The Morgan fingerprint density at radius 3 is 2.86 bits per heavy atom. The van der Waals surface area contributed by atoms with E-state index in [-0.39, 0.29) is 0 Å². The summed E-state index contributed by atoms with van der Waals surface area (Å²) < 4.78 is 2.14. The number of aryl methyl sites for hydroxylation is 3. The van der Waals surface area contributed by atoms with Crippen molar-refractivity contribution in [2.45, 2.75) is 46.1 Å². The molecule has 5 nitrogen and oxygen atoms in total. The molecule has 4 rings (SSSR count). The molecule has 1 aromatic carbocycles. The van der Waals surface area contributed by atoms with Crippen molar-refractivity contribution in [2.75, 3.05) is 6.54 Å². The number of benzene rings is 1. The van der Waals surface area contributed by atoms with Crippen LogP contribution < -0.4 is 0 Å². The molecule has 0 unspecified atom stereocenters. The molecular weight excluding hydrogens is 378 g/mol. The van der Waals surface area contributed by atoms with E-state index in [1.807, 2.05) is 6.08 Å². The molecule has 2 aliphatic heterocycles. The van der Waals surface area contributed by atoms with Crippen LogP contribution in [0.5, 0.6) is 0 Å². The van der Waals surface area contributed by atoms with Gasteiger partial charge in [0.25, 0.3) is 0 Å². The molecule has 0 amide bonds. The lowest BCUT2D eigenvalue weighted by atomic mass is 10.0. The second-order valence-electron chi connectivity index (χ2n) is 7.51. The van der Waals surface area contributed by atoms with Gasteiger partial charge in [-0.05, 0) is 49.4 Å². The standard InChI is InChI=1S/C23H25N5S/c1-4-11-27-20(18-10-9-16(2)17(3)13-18)15-29-23(27)19(14-24)22-26-25-21-8-6-5-7-12-28(21)22/h4,9-10,13,15H,1,5-8,11-12H2,2-3H3/b23-19+. The van der Waals surface area contributed by atoms with E-state index in [4.69, 9.17) is 0 Å². The van der Waals surface area contributed by atoms with E-state index >= 15 is 0 Å². The molecule has 0 atom stereocenters. The SMILES string of the molecule is C=CCN1C(c2ccc(C)c(C)c2)=CS/C1=C(\C#N)c1nnc2n1CCCCC2. The van der Waals surface area contributed by atoms with Crippen LogP contribution in [0.3, 0.4) is 0 Å². The second kappa shape index (κ2) is 8.30. The van der Waals surface area contributed by atoms with Crippen LogP contribution in [0.2, 0.25) is 0 Å². The van der Waals surface area contributed by atoms with Crippen molar-refractivity contribution in [2.24, 2.45) is 0 Å². The van der Waals surface area contributed by atoms with Gasteiger partial charge in [0.05, 0.1) is 5.70 Å². The summed E-state index contributed by atoms with van der Waals surface area (Å²) in [6.07, 6.45) is 6.22. The predicted octanol–water partition coefficient (Wildman–Crippen LogP) is 5.05. The van der Waals surface area contributed by atoms with Crippen LogP contribution in [0, 0.1) is 25.2 Å². The van der Waals surface area contributed by atoms with Crippen LogP contribution in [-0.2, 0) is 13.0 Å². The van der Waals surface area contributed by atoms with E-state index in [2.05, 4.69) is 69.8 Å². The van der Waals surface area contributed by atoms with Crippen molar-refractivity contribution in [3.8, 4) is 6.07 Å². The Hall–Kier alpha value is -2.78. The Kier molecular flexibility index (Phi) is 5.59. The van der Waals surface area contributed by atoms with E-state index in [9.17, 15) is 5.26 Å². The topological polar surface area (TPSA) is 57.7 Å². The van der Waals surface area contributed by atoms with E-state index in [1.165, 1.54) is 17.5 Å². The summed E-state index contributed by atoms with van der Waals surface area (Å²) in [6.45, 7) is 9.69. The third-order valence-corrected chi connectivity index (χ3v) is 6.58. The maximum atomic E-state index is 10.1. The zero-order valence-corrected chi connectivity index (χ0v) is 17.8. The van der Waals surface area contributed by atoms with Crippen LogP contribution in [-0.4, -0.2) is 26.2 Å². The van der Waals surface area contributed by atoms with Crippen LogP contribution in [0.4, 0.5) is 0 Å². The maximum Gasteiger partial charge on any atom is 0.177 e. The Labute approximate surface area is 176 Å². The number of nitrogens with zero attached hydrogens (tertiary/aromatic N) is 5. The van der Waals surface area contributed by atoms with Crippen molar-refractivity contribution in [3.05, 3.63) is 69.6 Å². The van der Waals surface area contributed by atoms with E-state index in [0.29, 0.717) is 17.9 Å². The Bertz CT molecular complexity index is 1050. The van der Waals surface area contributed by atoms with E-state index in [1.54, 1.807) is 11.8 Å². The quantitative estimate of drug-likeness (QED) is 0.528. The highest BCUT2D eigenvalue weighted by Gasteiger charge is 2.29. The second-order valence-corrected chi connectivity index (χ2v) is 8.37. The minimum atomic E-state index is 0.590.